The summed E-state index contributed by atoms with van der Waals surface area (Å²) in [7, 11) is 0. The highest BCUT2D eigenvalue weighted by Crippen LogP contribution is 2.13. The minimum Gasteiger partial charge on any atom is -0.448 e. The normalized spacial score (nSPS) is 19.7. The van der Waals surface area contributed by atoms with Gasteiger partial charge in [0, 0.05) is 31.9 Å². The molecule has 2 aliphatic heterocycles. The molecule has 7 nitrogen and oxygen atoms in total. The topological polar surface area (TPSA) is 74.8 Å². The number of nitrogens with one attached hydrogen (secondary N) is 1. The first kappa shape index (κ1) is 15.7. The Morgan fingerprint density at radius 1 is 1.30 bits per heavy atom. The zero-order valence-corrected chi connectivity index (χ0v) is 13.1. The third kappa shape index (κ3) is 4.41. The molecule has 2 amide bonds. The number of carbonyl (C=O) groups is 2. The van der Waals surface area contributed by atoms with Crippen LogP contribution in [-0.4, -0.2) is 65.6 Å². The van der Waals surface area contributed by atoms with Crippen molar-refractivity contribution in [3.05, 3.63) is 30.1 Å². The molecule has 2 fully saturated rings. The molecule has 7 heteroatoms. The summed E-state index contributed by atoms with van der Waals surface area (Å²) in [5, 5.41) is 3.02. The molecule has 2 saturated heterocycles. The van der Waals surface area contributed by atoms with Crippen LogP contribution in [0.15, 0.2) is 24.4 Å². The number of cyclic esters (lactones) is 1. The summed E-state index contributed by atoms with van der Waals surface area (Å²) >= 11 is 0. The van der Waals surface area contributed by atoms with Gasteiger partial charge in [-0.2, -0.15) is 0 Å². The molecule has 0 aliphatic carbocycles. The second-order valence-corrected chi connectivity index (χ2v) is 5.97. The van der Waals surface area contributed by atoms with Crippen molar-refractivity contribution >= 4 is 12.0 Å². The zero-order chi connectivity index (χ0) is 16.1. The van der Waals surface area contributed by atoms with Crippen molar-refractivity contribution in [1.82, 2.24) is 20.1 Å². The van der Waals surface area contributed by atoms with Crippen LogP contribution >= 0.6 is 0 Å². The lowest BCUT2D eigenvalue weighted by atomic mass is 10.0. The minimum atomic E-state index is -0.398. The molecule has 0 unspecified atom stereocenters. The quantitative estimate of drug-likeness (QED) is 0.861. The lowest BCUT2D eigenvalue weighted by molar-refractivity contribution is -0.122. The van der Waals surface area contributed by atoms with E-state index >= 15 is 0 Å². The predicted octanol–water partition coefficient (Wildman–Crippen LogP) is 0.614. The van der Waals surface area contributed by atoms with Crippen molar-refractivity contribution in [2.75, 3.05) is 32.8 Å². The monoisotopic (exact) mass is 318 g/mol. The van der Waals surface area contributed by atoms with Gasteiger partial charge in [0.05, 0.1) is 12.2 Å². The highest BCUT2D eigenvalue weighted by Gasteiger charge is 2.26. The number of piperidine rings is 1. The number of amides is 2. The van der Waals surface area contributed by atoms with Crippen LogP contribution in [0.4, 0.5) is 4.79 Å². The number of pyridine rings is 1. The molecule has 0 bridgehead atoms. The van der Waals surface area contributed by atoms with Gasteiger partial charge in [0.15, 0.2) is 0 Å². The number of ether oxygens (including phenoxy) is 1. The third-order valence-corrected chi connectivity index (χ3v) is 4.24. The highest BCUT2D eigenvalue weighted by atomic mass is 16.6. The SMILES string of the molecule is O=C(CN1CCOC1=O)NC1CCN(Cc2ccccn2)CC1. The molecule has 124 valence electrons. The summed E-state index contributed by atoms with van der Waals surface area (Å²) in [4.78, 5) is 31.5. The second kappa shape index (κ2) is 7.41. The van der Waals surface area contributed by atoms with Crippen LogP contribution in [0.25, 0.3) is 0 Å². The van der Waals surface area contributed by atoms with E-state index in [1.165, 1.54) is 4.90 Å². The molecule has 3 heterocycles. The summed E-state index contributed by atoms with van der Waals surface area (Å²) in [5.41, 5.74) is 1.07. The van der Waals surface area contributed by atoms with E-state index in [1.54, 1.807) is 0 Å². The molecule has 1 N–H and O–H groups in total. The lowest BCUT2D eigenvalue weighted by Gasteiger charge is -2.32. The van der Waals surface area contributed by atoms with Gasteiger partial charge in [-0.15, -0.1) is 0 Å². The van der Waals surface area contributed by atoms with E-state index in [0.29, 0.717) is 13.2 Å². The summed E-state index contributed by atoms with van der Waals surface area (Å²) in [5.74, 6) is -0.105. The number of hydrogen-bond donors (Lipinski definition) is 1. The molecule has 3 rings (SSSR count). The summed E-state index contributed by atoms with van der Waals surface area (Å²) in [6.45, 7) is 3.68. The van der Waals surface area contributed by atoms with E-state index < -0.39 is 6.09 Å². The Morgan fingerprint density at radius 3 is 2.78 bits per heavy atom. The van der Waals surface area contributed by atoms with Crippen LogP contribution in [0.1, 0.15) is 18.5 Å². The Labute approximate surface area is 135 Å². The summed E-state index contributed by atoms with van der Waals surface area (Å²) < 4.78 is 4.82. The first-order valence-electron chi connectivity index (χ1n) is 8.04. The maximum absolute atomic E-state index is 12.0. The van der Waals surface area contributed by atoms with Crippen molar-refractivity contribution in [1.29, 1.82) is 0 Å². The molecule has 1 aromatic heterocycles. The van der Waals surface area contributed by atoms with E-state index in [4.69, 9.17) is 4.74 Å². The standard InChI is InChI=1S/C16H22N4O3/c21-15(12-20-9-10-23-16(20)22)18-13-4-7-19(8-5-13)11-14-3-1-2-6-17-14/h1-3,6,13H,4-5,7-12H2,(H,18,21). The van der Waals surface area contributed by atoms with Crippen molar-refractivity contribution in [3.63, 3.8) is 0 Å². The number of aromatic nitrogens is 1. The molecular formula is C16H22N4O3. The molecule has 0 atom stereocenters. The molecular weight excluding hydrogens is 296 g/mol. The van der Waals surface area contributed by atoms with Crippen LogP contribution < -0.4 is 5.32 Å². The van der Waals surface area contributed by atoms with Gasteiger partial charge in [0.25, 0.3) is 0 Å². The van der Waals surface area contributed by atoms with Gasteiger partial charge in [-0.1, -0.05) is 6.07 Å². The number of likely N-dealkylation sites (tertiary alicyclic amines) is 1. The van der Waals surface area contributed by atoms with Gasteiger partial charge in [-0.25, -0.2) is 4.79 Å². The van der Waals surface area contributed by atoms with Gasteiger partial charge in [0.2, 0.25) is 5.91 Å². The van der Waals surface area contributed by atoms with Gasteiger partial charge < -0.3 is 10.1 Å². The smallest absolute Gasteiger partial charge is 0.410 e. The van der Waals surface area contributed by atoms with E-state index in [-0.39, 0.29) is 18.5 Å². The minimum absolute atomic E-state index is 0.0903. The molecule has 0 aromatic carbocycles. The van der Waals surface area contributed by atoms with E-state index in [2.05, 4.69) is 15.2 Å². The summed E-state index contributed by atoms with van der Waals surface area (Å²) in [6.07, 6.45) is 3.25. The van der Waals surface area contributed by atoms with Gasteiger partial charge in [-0.3, -0.25) is 19.6 Å². The van der Waals surface area contributed by atoms with Crippen LogP contribution in [-0.2, 0) is 16.1 Å². The number of rotatable bonds is 5. The maximum atomic E-state index is 12.0. The number of carbonyl (C=O) groups excluding carboxylic acids is 2. The van der Waals surface area contributed by atoms with Crippen LogP contribution in [0.3, 0.4) is 0 Å². The van der Waals surface area contributed by atoms with Crippen molar-refractivity contribution in [2.45, 2.75) is 25.4 Å². The van der Waals surface area contributed by atoms with Crippen LogP contribution in [0.5, 0.6) is 0 Å². The molecule has 23 heavy (non-hydrogen) atoms. The molecule has 2 aliphatic rings. The fourth-order valence-corrected chi connectivity index (χ4v) is 2.97. The average Bonchev–Trinajstić information content (AvgIpc) is 2.95. The molecule has 0 saturated carbocycles. The summed E-state index contributed by atoms with van der Waals surface area (Å²) in [6, 6.07) is 6.13. The van der Waals surface area contributed by atoms with Crippen LogP contribution in [0, 0.1) is 0 Å². The maximum Gasteiger partial charge on any atom is 0.410 e. The van der Waals surface area contributed by atoms with Crippen molar-refractivity contribution in [2.24, 2.45) is 0 Å². The zero-order valence-electron chi connectivity index (χ0n) is 13.1. The van der Waals surface area contributed by atoms with Crippen LogP contribution in [0.2, 0.25) is 0 Å². The Balaban J connectivity index is 1.39. The lowest BCUT2D eigenvalue weighted by Crippen LogP contribution is -2.47. The van der Waals surface area contributed by atoms with E-state index in [1.807, 2.05) is 24.4 Å². The first-order valence-corrected chi connectivity index (χ1v) is 8.04. The fraction of sp³-hybridized carbons (Fsp3) is 0.562. The molecule has 0 spiro atoms. The van der Waals surface area contributed by atoms with Crippen molar-refractivity contribution in [3.8, 4) is 0 Å². The molecule has 1 aromatic rings. The van der Waals surface area contributed by atoms with Gasteiger partial charge in [-0.05, 0) is 25.0 Å². The predicted molar refractivity (Wildman–Crippen MR) is 83.6 cm³/mol. The fourth-order valence-electron chi connectivity index (χ4n) is 2.97. The van der Waals surface area contributed by atoms with Crippen molar-refractivity contribution < 1.29 is 14.3 Å². The second-order valence-electron chi connectivity index (χ2n) is 5.97. The average molecular weight is 318 g/mol. The van der Waals surface area contributed by atoms with E-state index in [0.717, 1.165) is 38.2 Å². The first-order chi connectivity index (χ1) is 11.2. The van der Waals surface area contributed by atoms with Gasteiger partial charge in [0.1, 0.15) is 13.2 Å². The Bertz CT molecular complexity index is 544. The highest BCUT2D eigenvalue weighted by molar-refractivity contribution is 5.82. The third-order valence-electron chi connectivity index (χ3n) is 4.24. The Morgan fingerprint density at radius 2 is 2.13 bits per heavy atom. The Kier molecular flexibility index (Phi) is 5.07. The Hall–Kier alpha value is -2.15. The van der Waals surface area contributed by atoms with Gasteiger partial charge >= 0.3 is 6.09 Å². The molecule has 0 radical (unpaired) electrons. The number of hydrogen-bond acceptors (Lipinski definition) is 5. The number of nitrogens with zero attached hydrogens (tertiary/aromatic N) is 3. The van der Waals surface area contributed by atoms with E-state index in [9.17, 15) is 9.59 Å². The largest absolute Gasteiger partial charge is 0.448 e.